The normalized spacial score (nSPS) is 9.00. The first kappa shape index (κ1) is 11.8. The molecule has 0 fully saturated rings. The Morgan fingerprint density at radius 2 is 2.40 bits per heavy atom. The van der Waals surface area contributed by atoms with Gasteiger partial charge in [-0.05, 0) is 22.9 Å². The molecule has 0 aromatic carbocycles. The zero-order chi connectivity index (χ0) is 11.1. The van der Waals surface area contributed by atoms with Gasteiger partial charge in [0.1, 0.15) is 0 Å². The Balaban J connectivity index is 2.57. The summed E-state index contributed by atoms with van der Waals surface area (Å²) in [7, 11) is 1.57. The van der Waals surface area contributed by atoms with E-state index in [1.165, 1.54) is 0 Å². The summed E-state index contributed by atoms with van der Waals surface area (Å²) in [5.74, 6) is 6.84. The van der Waals surface area contributed by atoms with Gasteiger partial charge in [-0.3, -0.25) is 0 Å². The Morgan fingerprint density at radius 3 is 3.07 bits per heavy atom. The van der Waals surface area contributed by atoms with E-state index in [9.17, 15) is 0 Å². The number of rotatable bonds is 4. The summed E-state index contributed by atoms with van der Waals surface area (Å²) in [6.45, 7) is 2.55. The SMILES string of the molecule is CC#CCCNc1ncc(Br)c(OC)n1. The molecule has 0 spiro atoms. The Morgan fingerprint density at radius 1 is 1.60 bits per heavy atom. The van der Waals surface area contributed by atoms with Crippen molar-refractivity contribution in [1.82, 2.24) is 9.97 Å². The van der Waals surface area contributed by atoms with Crippen molar-refractivity contribution >= 4 is 21.9 Å². The fourth-order valence-corrected chi connectivity index (χ4v) is 1.29. The van der Waals surface area contributed by atoms with Crippen LogP contribution in [0.5, 0.6) is 5.88 Å². The molecule has 80 valence electrons. The highest BCUT2D eigenvalue weighted by molar-refractivity contribution is 9.10. The molecule has 0 bridgehead atoms. The topological polar surface area (TPSA) is 47.0 Å². The summed E-state index contributed by atoms with van der Waals surface area (Å²) < 4.78 is 5.79. The van der Waals surface area contributed by atoms with Gasteiger partial charge >= 0.3 is 0 Å². The molecule has 1 aromatic heterocycles. The molecule has 0 unspecified atom stereocenters. The number of anilines is 1. The molecule has 0 saturated heterocycles. The van der Waals surface area contributed by atoms with Crippen LogP contribution in [0.4, 0.5) is 5.95 Å². The van der Waals surface area contributed by atoms with E-state index < -0.39 is 0 Å². The Kier molecular flexibility index (Phi) is 4.91. The van der Waals surface area contributed by atoms with E-state index in [2.05, 4.69) is 43.1 Å². The van der Waals surface area contributed by atoms with E-state index in [1.807, 2.05) is 6.92 Å². The molecule has 0 atom stereocenters. The van der Waals surface area contributed by atoms with E-state index in [1.54, 1.807) is 13.3 Å². The summed E-state index contributed by atoms with van der Waals surface area (Å²) in [4.78, 5) is 8.24. The van der Waals surface area contributed by atoms with Gasteiger partial charge in [0.2, 0.25) is 11.8 Å². The number of nitrogens with one attached hydrogen (secondary N) is 1. The highest BCUT2D eigenvalue weighted by Gasteiger charge is 2.03. The van der Waals surface area contributed by atoms with Crippen LogP contribution in [0, 0.1) is 11.8 Å². The van der Waals surface area contributed by atoms with Crippen molar-refractivity contribution in [2.75, 3.05) is 19.0 Å². The van der Waals surface area contributed by atoms with Crippen molar-refractivity contribution < 1.29 is 4.74 Å². The van der Waals surface area contributed by atoms with E-state index in [4.69, 9.17) is 4.74 Å². The predicted octanol–water partition coefficient (Wildman–Crippen LogP) is 2.07. The molecular formula is C10H12BrN3O. The number of halogens is 1. The maximum atomic E-state index is 5.05. The minimum atomic E-state index is 0.522. The van der Waals surface area contributed by atoms with Gasteiger partial charge in [0.15, 0.2) is 0 Å². The van der Waals surface area contributed by atoms with E-state index in [0.29, 0.717) is 11.8 Å². The lowest BCUT2D eigenvalue weighted by molar-refractivity contribution is 0.394. The van der Waals surface area contributed by atoms with Gasteiger partial charge in [0.25, 0.3) is 0 Å². The molecule has 0 aliphatic heterocycles. The van der Waals surface area contributed by atoms with Crippen LogP contribution in [0.25, 0.3) is 0 Å². The lowest BCUT2D eigenvalue weighted by Gasteiger charge is -2.05. The van der Waals surface area contributed by atoms with E-state index >= 15 is 0 Å². The number of ether oxygens (including phenoxy) is 1. The highest BCUT2D eigenvalue weighted by atomic mass is 79.9. The molecule has 1 N–H and O–H groups in total. The standard InChI is InChI=1S/C10H12BrN3O/c1-3-4-5-6-12-10-13-7-8(11)9(14-10)15-2/h7H,5-6H2,1-2H3,(H,12,13,14). The number of hydrogen-bond acceptors (Lipinski definition) is 4. The zero-order valence-electron chi connectivity index (χ0n) is 8.67. The van der Waals surface area contributed by atoms with Crippen LogP contribution < -0.4 is 10.1 Å². The molecule has 1 rings (SSSR count). The van der Waals surface area contributed by atoms with Crippen LogP contribution in [0.3, 0.4) is 0 Å². The predicted molar refractivity (Wildman–Crippen MR) is 62.8 cm³/mol. The number of methoxy groups -OCH3 is 1. The fourth-order valence-electron chi connectivity index (χ4n) is 0.942. The van der Waals surface area contributed by atoms with E-state index in [0.717, 1.165) is 17.4 Å². The summed E-state index contributed by atoms with van der Waals surface area (Å²) in [5.41, 5.74) is 0. The van der Waals surface area contributed by atoms with Crippen LogP contribution in [0.2, 0.25) is 0 Å². The lowest BCUT2D eigenvalue weighted by atomic mass is 10.4. The molecular weight excluding hydrogens is 258 g/mol. The third kappa shape index (κ3) is 3.76. The highest BCUT2D eigenvalue weighted by Crippen LogP contribution is 2.21. The van der Waals surface area contributed by atoms with Gasteiger partial charge < -0.3 is 10.1 Å². The van der Waals surface area contributed by atoms with Crippen LogP contribution in [-0.2, 0) is 0 Å². The molecule has 5 heteroatoms. The minimum absolute atomic E-state index is 0.522. The quantitative estimate of drug-likeness (QED) is 0.672. The van der Waals surface area contributed by atoms with Crippen molar-refractivity contribution in [1.29, 1.82) is 0 Å². The van der Waals surface area contributed by atoms with Gasteiger partial charge in [-0.25, -0.2) is 4.98 Å². The first-order chi connectivity index (χ1) is 7.27. The molecule has 0 amide bonds. The minimum Gasteiger partial charge on any atom is -0.480 e. The van der Waals surface area contributed by atoms with Crippen molar-refractivity contribution in [3.8, 4) is 17.7 Å². The zero-order valence-corrected chi connectivity index (χ0v) is 10.3. The van der Waals surface area contributed by atoms with Crippen molar-refractivity contribution in [2.24, 2.45) is 0 Å². The molecule has 1 aromatic rings. The van der Waals surface area contributed by atoms with Crippen LogP contribution in [-0.4, -0.2) is 23.6 Å². The fraction of sp³-hybridized carbons (Fsp3) is 0.400. The van der Waals surface area contributed by atoms with Crippen LogP contribution >= 0.6 is 15.9 Å². The molecule has 1 heterocycles. The summed E-state index contributed by atoms with van der Waals surface area (Å²) >= 11 is 3.28. The van der Waals surface area contributed by atoms with Gasteiger partial charge in [-0.15, -0.1) is 11.8 Å². The van der Waals surface area contributed by atoms with Crippen molar-refractivity contribution in [2.45, 2.75) is 13.3 Å². The van der Waals surface area contributed by atoms with Crippen molar-refractivity contribution in [3.05, 3.63) is 10.7 Å². The van der Waals surface area contributed by atoms with Crippen LogP contribution in [0.1, 0.15) is 13.3 Å². The monoisotopic (exact) mass is 269 g/mol. The second-order valence-corrected chi connectivity index (χ2v) is 3.51. The molecule has 4 nitrogen and oxygen atoms in total. The smallest absolute Gasteiger partial charge is 0.232 e. The molecule has 0 aliphatic rings. The van der Waals surface area contributed by atoms with Gasteiger partial charge in [-0.2, -0.15) is 4.98 Å². The van der Waals surface area contributed by atoms with Crippen LogP contribution in [0.15, 0.2) is 10.7 Å². The maximum absolute atomic E-state index is 5.05. The Bertz CT molecular complexity index is 384. The number of nitrogens with zero attached hydrogens (tertiary/aromatic N) is 2. The molecule has 0 radical (unpaired) electrons. The number of hydrogen-bond donors (Lipinski definition) is 1. The Labute approximate surface area is 97.6 Å². The second-order valence-electron chi connectivity index (χ2n) is 2.65. The average Bonchev–Trinajstić information content (AvgIpc) is 2.26. The van der Waals surface area contributed by atoms with Crippen molar-refractivity contribution in [3.63, 3.8) is 0 Å². The largest absolute Gasteiger partial charge is 0.480 e. The average molecular weight is 270 g/mol. The molecule has 15 heavy (non-hydrogen) atoms. The van der Waals surface area contributed by atoms with Gasteiger partial charge in [0, 0.05) is 13.0 Å². The number of aromatic nitrogens is 2. The Hall–Kier alpha value is -1.28. The first-order valence-corrected chi connectivity index (χ1v) is 5.27. The first-order valence-electron chi connectivity index (χ1n) is 4.48. The van der Waals surface area contributed by atoms with E-state index in [-0.39, 0.29) is 0 Å². The lowest BCUT2D eigenvalue weighted by Crippen LogP contribution is -2.05. The summed E-state index contributed by atoms with van der Waals surface area (Å²) in [6.07, 6.45) is 2.43. The molecule has 0 aliphatic carbocycles. The molecule has 0 saturated carbocycles. The van der Waals surface area contributed by atoms with Gasteiger partial charge in [0.05, 0.1) is 17.8 Å². The third-order valence-corrected chi connectivity index (χ3v) is 2.16. The summed E-state index contributed by atoms with van der Waals surface area (Å²) in [5, 5.41) is 3.06. The van der Waals surface area contributed by atoms with Gasteiger partial charge in [-0.1, -0.05) is 0 Å². The second kappa shape index (κ2) is 6.25. The third-order valence-electron chi connectivity index (χ3n) is 1.62. The summed E-state index contributed by atoms with van der Waals surface area (Å²) in [6, 6.07) is 0. The maximum Gasteiger partial charge on any atom is 0.232 e.